The molecule has 0 radical (unpaired) electrons. The molecule has 0 atom stereocenters. The van der Waals surface area contributed by atoms with Crippen LogP contribution in [0, 0.1) is 0 Å². The molecule has 0 aliphatic carbocycles. The Labute approximate surface area is 108 Å². The summed E-state index contributed by atoms with van der Waals surface area (Å²) in [5.41, 5.74) is 0. The molecule has 7 heteroatoms. The number of carbonyl (C=O) groups excluding carboxylic acids is 1. The van der Waals surface area contributed by atoms with Crippen LogP contribution in [0.25, 0.3) is 0 Å². The molecule has 94 valence electrons. The Morgan fingerprint density at radius 2 is 2.06 bits per heavy atom. The summed E-state index contributed by atoms with van der Waals surface area (Å²) in [5.74, 6) is 0.914. The number of anilines is 2. The highest BCUT2D eigenvalue weighted by Gasteiger charge is 2.09. The lowest BCUT2D eigenvalue weighted by Gasteiger charge is -2.10. The number of halogens is 1. The molecule has 0 bridgehead atoms. The zero-order valence-corrected chi connectivity index (χ0v) is 11.4. The minimum absolute atomic E-state index is 0.0688. The zero-order chi connectivity index (χ0) is 12.7. The number of nitrogens with one attached hydrogen (secondary N) is 2. The molecule has 1 heterocycles. The molecule has 6 nitrogen and oxygen atoms in total. The number of methoxy groups -OCH3 is 1. The third kappa shape index (κ3) is 4.18. The first-order chi connectivity index (χ1) is 8.19. The predicted molar refractivity (Wildman–Crippen MR) is 69.0 cm³/mol. The van der Waals surface area contributed by atoms with E-state index in [2.05, 4.69) is 48.2 Å². The van der Waals surface area contributed by atoms with E-state index >= 15 is 0 Å². The first-order valence-corrected chi connectivity index (χ1v) is 6.03. The van der Waals surface area contributed by atoms with Gasteiger partial charge in [-0.25, -0.2) is 9.97 Å². The molecule has 17 heavy (non-hydrogen) atoms. The zero-order valence-electron chi connectivity index (χ0n) is 9.79. The minimum Gasteiger partial charge on any atom is -0.468 e. The van der Waals surface area contributed by atoms with Crippen LogP contribution >= 0.6 is 15.9 Å². The number of carbonyl (C=O) groups is 1. The normalized spacial score (nSPS) is 9.82. The Morgan fingerprint density at radius 1 is 1.41 bits per heavy atom. The van der Waals surface area contributed by atoms with E-state index in [1.54, 1.807) is 0 Å². The number of hydrogen-bond acceptors (Lipinski definition) is 6. The molecule has 0 aliphatic heterocycles. The van der Waals surface area contributed by atoms with Gasteiger partial charge in [-0.1, -0.05) is 6.92 Å². The molecule has 0 saturated heterocycles. The topological polar surface area (TPSA) is 76.1 Å². The molecule has 0 saturated carbocycles. The number of aromatic nitrogens is 2. The van der Waals surface area contributed by atoms with Crippen molar-refractivity contribution in [2.75, 3.05) is 30.8 Å². The molecule has 0 amide bonds. The highest BCUT2D eigenvalue weighted by molar-refractivity contribution is 9.10. The molecule has 0 aliphatic rings. The van der Waals surface area contributed by atoms with E-state index in [0.717, 1.165) is 13.0 Å². The van der Waals surface area contributed by atoms with Gasteiger partial charge in [0.15, 0.2) is 0 Å². The van der Waals surface area contributed by atoms with Crippen molar-refractivity contribution in [3.05, 3.63) is 10.8 Å². The smallest absolute Gasteiger partial charge is 0.325 e. The quantitative estimate of drug-likeness (QED) is 0.778. The van der Waals surface area contributed by atoms with E-state index < -0.39 is 0 Å². The summed E-state index contributed by atoms with van der Waals surface area (Å²) in [7, 11) is 1.34. The van der Waals surface area contributed by atoms with Crippen LogP contribution in [0.5, 0.6) is 0 Å². The van der Waals surface area contributed by atoms with Gasteiger partial charge in [0, 0.05) is 6.54 Å². The Balaban J connectivity index is 2.69. The predicted octanol–water partition coefficient (Wildman–Crippen LogP) is 1.65. The van der Waals surface area contributed by atoms with E-state index in [1.165, 1.54) is 13.4 Å². The Bertz CT molecular complexity index is 387. The fraction of sp³-hybridized carbons (Fsp3) is 0.500. The summed E-state index contributed by atoms with van der Waals surface area (Å²) < 4.78 is 5.24. The number of esters is 1. The highest BCUT2D eigenvalue weighted by atomic mass is 79.9. The fourth-order valence-electron chi connectivity index (χ4n) is 1.09. The second-order valence-corrected chi connectivity index (χ2v) is 4.03. The molecule has 1 rings (SSSR count). The molecule has 1 aromatic heterocycles. The molecule has 0 spiro atoms. The van der Waals surface area contributed by atoms with Crippen LogP contribution in [0.15, 0.2) is 10.8 Å². The average molecular weight is 303 g/mol. The third-order valence-electron chi connectivity index (χ3n) is 1.96. The van der Waals surface area contributed by atoms with Gasteiger partial charge in [0.1, 0.15) is 29.0 Å². The van der Waals surface area contributed by atoms with Gasteiger partial charge in [0.2, 0.25) is 0 Å². The van der Waals surface area contributed by atoms with Gasteiger partial charge in [-0.15, -0.1) is 0 Å². The number of nitrogens with zero attached hydrogens (tertiary/aromatic N) is 2. The lowest BCUT2D eigenvalue weighted by atomic mass is 10.4. The molecule has 2 N–H and O–H groups in total. The van der Waals surface area contributed by atoms with Gasteiger partial charge in [-0.3, -0.25) is 4.79 Å². The second kappa shape index (κ2) is 7.05. The molecule has 0 fully saturated rings. The van der Waals surface area contributed by atoms with Crippen molar-refractivity contribution < 1.29 is 9.53 Å². The van der Waals surface area contributed by atoms with Crippen LogP contribution < -0.4 is 10.6 Å². The Kier molecular flexibility index (Phi) is 5.68. The van der Waals surface area contributed by atoms with Crippen LogP contribution in [0.3, 0.4) is 0 Å². The molecule has 0 unspecified atom stereocenters. The summed E-state index contributed by atoms with van der Waals surface area (Å²) in [4.78, 5) is 19.1. The van der Waals surface area contributed by atoms with Gasteiger partial charge in [-0.2, -0.15) is 0 Å². The second-order valence-electron chi connectivity index (χ2n) is 3.24. The van der Waals surface area contributed by atoms with Gasteiger partial charge in [0.05, 0.1) is 7.11 Å². The number of hydrogen-bond donors (Lipinski definition) is 2. The standard InChI is InChI=1S/C10H15BrN4O2/c1-3-4-12-9-8(11)10(15-6-14-9)13-5-7(16)17-2/h6H,3-5H2,1-2H3,(H2,12,13,14,15). The van der Waals surface area contributed by atoms with E-state index in [1.807, 2.05) is 0 Å². The van der Waals surface area contributed by atoms with Crippen LogP contribution in [0.2, 0.25) is 0 Å². The summed E-state index contributed by atoms with van der Waals surface area (Å²) in [6, 6.07) is 0. The average Bonchev–Trinajstić information content (AvgIpc) is 2.35. The summed E-state index contributed by atoms with van der Waals surface area (Å²) in [6.07, 6.45) is 2.43. The largest absolute Gasteiger partial charge is 0.468 e. The van der Waals surface area contributed by atoms with Crippen molar-refractivity contribution in [3.63, 3.8) is 0 Å². The first-order valence-electron chi connectivity index (χ1n) is 5.24. The number of ether oxygens (including phenoxy) is 1. The van der Waals surface area contributed by atoms with Gasteiger partial charge >= 0.3 is 5.97 Å². The van der Waals surface area contributed by atoms with Crippen molar-refractivity contribution in [1.82, 2.24) is 9.97 Å². The van der Waals surface area contributed by atoms with Gasteiger partial charge < -0.3 is 15.4 Å². The molecule has 0 aromatic carbocycles. The maximum absolute atomic E-state index is 11.0. The van der Waals surface area contributed by atoms with Crippen LogP contribution in [0.1, 0.15) is 13.3 Å². The van der Waals surface area contributed by atoms with E-state index in [4.69, 9.17) is 0 Å². The van der Waals surface area contributed by atoms with Crippen molar-refractivity contribution >= 4 is 33.5 Å². The molecule has 1 aromatic rings. The summed E-state index contributed by atoms with van der Waals surface area (Å²) >= 11 is 3.38. The van der Waals surface area contributed by atoms with Gasteiger partial charge in [-0.05, 0) is 22.4 Å². The van der Waals surface area contributed by atoms with E-state index in [0.29, 0.717) is 16.1 Å². The third-order valence-corrected chi connectivity index (χ3v) is 2.71. The SMILES string of the molecule is CCCNc1ncnc(NCC(=O)OC)c1Br. The van der Waals surface area contributed by atoms with Crippen molar-refractivity contribution in [1.29, 1.82) is 0 Å². The van der Waals surface area contributed by atoms with Crippen molar-refractivity contribution in [3.8, 4) is 0 Å². The minimum atomic E-state index is -0.349. The Morgan fingerprint density at radius 3 is 2.65 bits per heavy atom. The van der Waals surface area contributed by atoms with Gasteiger partial charge in [0.25, 0.3) is 0 Å². The summed E-state index contributed by atoms with van der Waals surface area (Å²) in [6.45, 7) is 2.96. The van der Waals surface area contributed by atoms with Crippen LogP contribution in [-0.2, 0) is 9.53 Å². The lowest BCUT2D eigenvalue weighted by molar-refractivity contribution is -0.138. The highest BCUT2D eigenvalue weighted by Crippen LogP contribution is 2.26. The van der Waals surface area contributed by atoms with E-state index in [9.17, 15) is 4.79 Å². The van der Waals surface area contributed by atoms with Crippen molar-refractivity contribution in [2.24, 2.45) is 0 Å². The van der Waals surface area contributed by atoms with Crippen molar-refractivity contribution in [2.45, 2.75) is 13.3 Å². The molecular formula is C10H15BrN4O2. The maximum atomic E-state index is 11.0. The molecular weight excluding hydrogens is 288 g/mol. The Hall–Kier alpha value is -1.37. The lowest BCUT2D eigenvalue weighted by Crippen LogP contribution is -2.16. The maximum Gasteiger partial charge on any atom is 0.325 e. The number of rotatable bonds is 6. The fourth-order valence-corrected chi connectivity index (χ4v) is 1.57. The summed E-state index contributed by atoms with van der Waals surface area (Å²) in [5, 5.41) is 6.02. The van der Waals surface area contributed by atoms with E-state index in [-0.39, 0.29) is 12.5 Å². The van der Waals surface area contributed by atoms with Crippen LogP contribution in [0.4, 0.5) is 11.6 Å². The first kappa shape index (κ1) is 13.7. The monoisotopic (exact) mass is 302 g/mol. The van der Waals surface area contributed by atoms with Crippen LogP contribution in [-0.4, -0.2) is 36.1 Å².